The van der Waals surface area contributed by atoms with Gasteiger partial charge in [-0.25, -0.2) is 0 Å². The summed E-state index contributed by atoms with van der Waals surface area (Å²) in [6.07, 6.45) is -13.2. The summed E-state index contributed by atoms with van der Waals surface area (Å²) in [5.74, 6) is -38.0. The van der Waals surface area contributed by atoms with Crippen LogP contribution in [0.1, 0.15) is 64.2 Å². The Hall–Kier alpha value is -10.6. The maximum atomic E-state index is 13.5. The molecule has 0 saturated carbocycles. The van der Waals surface area contributed by atoms with Crippen LogP contribution < -0.4 is 70.0 Å². The number of primary amides is 2. The summed E-state index contributed by atoms with van der Waals surface area (Å²) >= 11 is 10.8. The van der Waals surface area contributed by atoms with Crippen molar-refractivity contribution in [3.05, 3.63) is 5.32 Å². The molecule has 0 aromatic heterocycles. The van der Waals surface area contributed by atoms with Crippen LogP contribution in [0, 0.1) is 0 Å². The number of carbonyl (C=O) groups excluding carboxylic acids is 12. The Morgan fingerprint density at radius 2 is 0.439 bits per heavy atom. The van der Waals surface area contributed by atoms with E-state index in [2.05, 4.69) is 10.6 Å². The molecule has 0 spiro atoms. The molecule has 0 radical (unpaired) electrons. The van der Waals surface area contributed by atoms with Crippen molar-refractivity contribution in [2.24, 2.45) is 11.5 Å². The van der Waals surface area contributed by atoms with Crippen LogP contribution in [0.5, 0.6) is 0 Å². The van der Waals surface area contributed by atoms with Crippen molar-refractivity contribution in [1.82, 2.24) is 58.5 Å². The Bertz CT molecular complexity index is 2840. The van der Waals surface area contributed by atoms with E-state index in [4.69, 9.17) is 50.4 Å². The molecule has 544 valence electrons. The zero-order valence-electron chi connectivity index (χ0n) is 50.0. The fraction of sp³-hybridized carbons (Fsp3) is 0.542. The Morgan fingerprint density at radius 3 is 0.602 bits per heavy atom. The van der Waals surface area contributed by atoms with Gasteiger partial charge in [-0.1, -0.05) is 6.04 Å². The van der Waals surface area contributed by atoms with Crippen molar-refractivity contribution < 1.29 is 179 Å². The Labute approximate surface area is 569 Å². The van der Waals surface area contributed by atoms with E-state index in [9.17, 15) is 146 Å². The average molecular weight is 1530 g/mol. The third-order valence-electron chi connectivity index (χ3n) is 12.0. The van der Waals surface area contributed by atoms with Crippen LogP contribution in [-0.2, 0) is 153 Å². The Morgan fingerprint density at radius 1 is 0.276 bits per heavy atom. The van der Waals surface area contributed by atoms with Gasteiger partial charge in [-0.2, -0.15) is 11.5 Å². The molecule has 50 heteroatoms. The van der Waals surface area contributed by atoms with Gasteiger partial charge in [0.2, 0.25) is 70.9 Å². The van der Waals surface area contributed by atoms with E-state index in [1.165, 1.54) is 0 Å². The standard InChI is InChI=1S/C48H67N14O32S2.O.Tc/c49-37(83)15(3-27(63)64)53-39(85)17(5-29(67)68)55-41(87)19(7-31(71)72)57-43(89)21(9-33(75)76)59-45(91)23(11-35(79)80)61-47(93)25(13-95)51-1-2-52-26(14-96)48(94)62-24(12-36(81)82)46(92)60-22(10-34(77)78)44(90)58-20(8-32(73)74)42(88)56-18(6-30(69)70)40(86)54-16(38(50)84)4-28(65)66;;/h15-26,51,95-96H,1-14H2,(H2,49,83)(H2,50,84)(H,53,85)(H,54,86)(H,55,87)(H,56,88)(H,57,89)(H,58,90)(H,59,91)(H,60,92)(H,61,93)(H,62,94)(H,63,64)(H,65,66)(H,67,68)(H,69,70)(H,71,72)(H,73,74)(H,75,76)(H,77,78)(H,79,80)(H,81,82);;/q-1;;+3/p-2/t15-,16-,17-,18-,19-,20-,21-,22-,23-,24-,25+,26+;;/m1../s1/i;;1+1. The summed E-state index contributed by atoms with van der Waals surface area (Å²) in [5, 5.41) is 119. The van der Waals surface area contributed by atoms with Crippen LogP contribution in [0.15, 0.2) is 0 Å². The summed E-state index contributed by atoms with van der Waals surface area (Å²) in [7, 11) is 0. The number of carboxylic acid groups (broad SMARTS) is 10. The summed E-state index contributed by atoms with van der Waals surface area (Å²) in [5.41, 5.74) is 10.1. The first-order valence-corrected chi connectivity index (χ1v) is 29.0. The first kappa shape index (κ1) is 89.5. The van der Waals surface area contributed by atoms with E-state index in [1.807, 2.05) is 16.0 Å². The van der Waals surface area contributed by atoms with E-state index in [0.29, 0.717) is 0 Å². The molecule has 0 aliphatic carbocycles. The van der Waals surface area contributed by atoms with E-state index in [1.54, 1.807) is 37.2 Å². The van der Waals surface area contributed by atoms with Gasteiger partial charge in [0.05, 0.1) is 70.3 Å². The van der Waals surface area contributed by atoms with Crippen molar-refractivity contribution in [3.63, 3.8) is 0 Å². The van der Waals surface area contributed by atoms with Gasteiger partial charge in [-0.3, -0.25) is 105 Å². The molecule has 0 bridgehead atoms. The first-order valence-electron chi connectivity index (χ1n) is 27.0. The van der Waals surface area contributed by atoms with Crippen molar-refractivity contribution in [3.8, 4) is 0 Å². The number of carboxylic acids is 10. The monoisotopic (exact) mass is 1530 g/mol. The number of hydrogen-bond donors (Lipinski definition) is 23. The van der Waals surface area contributed by atoms with Crippen LogP contribution in [0.3, 0.4) is 0 Å². The molecule has 0 rings (SSSR count). The number of nitrogens with two attached hydrogens (primary N) is 2. The molecule has 0 aliphatic rings. The summed E-state index contributed by atoms with van der Waals surface area (Å²) in [6.45, 7) is -0.990. The van der Waals surface area contributed by atoms with Crippen LogP contribution >= 0.6 is 0 Å². The molecule has 0 heterocycles. The molecule has 98 heavy (non-hydrogen) atoms. The Kier molecular flexibility index (Phi) is 41.7. The normalized spacial score (nSPS) is 14.2. The number of aliphatic carboxylic acids is 10. The van der Waals surface area contributed by atoms with Crippen molar-refractivity contribution >= 4 is 156 Å². The molecule has 47 nitrogen and oxygen atoms in total. The van der Waals surface area contributed by atoms with E-state index >= 15 is 0 Å². The molecule has 12 atom stereocenters. The summed E-state index contributed by atoms with van der Waals surface area (Å²) in [4.78, 5) is 273. The zero-order chi connectivity index (χ0) is 76.0. The van der Waals surface area contributed by atoms with Gasteiger partial charge in [0.25, 0.3) is 0 Å². The van der Waals surface area contributed by atoms with Gasteiger partial charge < -0.3 is 152 Å². The second-order valence-electron chi connectivity index (χ2n) is 19.7. The van der Waals surface area contributed by atoms with E-state index in [0.717, 1.165) is 18.9 Å². The fourth-order valence-corrected chi connectivity index (χ4v) is 8.01. The predicted molar refractivity (Wildman–Crippen MR) is 309 cm³/mol. The number of carbonyl (C=O) groups is 22. The summed E-state index contributed by atoms with van der Waals surface area (Å²) < 4.78 is 8.22. The maximum absolute atomic E-state index is 13.5. The van der Waals surface area contributed by atoms with Gasteiger partial charge in [0.15, 0.2) is 0 Å². The molecule has 25 N–H and O–H groups in total. The van der Waals surface area contributed by atoms with E-state index in [-0.39, 0.29) is 0 Å². The third kappa shape index (κ3) is 36.9. The van der Waals surface area contributed by atoms with Gasteiger partial charge in [0, 0.05) is 0 Å². The molecule has 0 aromatic rings. The Balaban J connectivity index is 0. The predicted octanol–water partition coefficient (Wildman–Crippen LogP) is -12.8. The van der Waals surface area contributed by atoms with Crippen LogP contribution in [0.4, 0.5) is 0 Å². The van der Waals surface area contributed by atoms with Crippen molar-refractivity contribution in [2.45, 2.75) is 137 Å². The molecule has 0 aromatic carbocycles. The van der Waals surface area contributed by atoms with Crippen molar-refractivity contribution in [2.75, 3.05) is 24.6 Å². The van der Waals surface area contributed by atoms with Gasteiger partial charge in [-0.15, -0.1) is 6.54 Å². The molecular formula is C48H65N14O33S2Tc. The second-order valence-corrected chi connectivity index (χ2v) is 20.3. The van der Waals surface area contributed by atoms with Crippen LogP contribution in [-0.4, -0.2) is 279 Å². The SMILES string of the molecule is NC(=O)[C@@H](CC(=O)O)NC(=O)[C@@H](CC(=O)O)NC(=O)[C@@H](CC(=O)O)NC(=O)[C@@H](CC(=O)O)NC(=O)[C@@H](CC(=O)O)NC(=O)[C@H](C[S-])[N-]CCN[C@@H](C[S-])C(=O)N[C@H](CC(=O)O)C(=O)N[C@H](CC(=O)O)C(=O)N[C@H](CC(=O)O)C(=O)N[C@H](CC(=O)O)C(=O)N[C@H](CC(=O)O)C(N)=O.[O]=[99Tc+3]. The van der Waals surface area contributed by atoms with Crippen LogP contribution in [0.2, 0.25) is 0 Å². The van der Waals surface area contributed by atoms with Crippen molar-refractivity contribution in [1.29, 1.82) is 0 Å². The second kappa shape index (κ2) is 45.7. The number of nitrogens with one attached hydrogen (secondary N) is 11. The van der Waals surface area contributed by atoms with Gasteiger partial charge in [-0.05, 0) is 6.54 Å². The third-order valence-corrected chi connectivity index (χ3v) is 12.6. The topological polar surface area (TPSA) is 793 Å². The molecule has 0 aliphatic heterocycles. The molecule has 0 unspecified atom stereocenters. The average Bonchev–Trinajstić information content (AvgIpc) is 0.884. The number of hydrogen-bond acceptors (Lipinski definition) is 26. The molecule has 12 amide bonds. The first-order chi connectivity index (χ1) is 45.5. The van der Waals surface area contributed by atoms with Crippen LogP contribution in [0.25, 0.3) is 5.32 Å². The fourth-order valence-electron chi connectivity index (χ4n) is 7.48. The quantitative estimate of drug-likeness (QED) is 0.0199. The minimum absolute atomic E-state index is 0.461. The zero-order valence-corrected chi connectivity index (χ0v) is 53.5. The number of nitrogens with zero attached hydrogens (tertiary/aromatic N) is 1. The number of rotatable bonds is 49. The van der Waals surface area contributed by atoms with Gasteiger partial charge >= 0.3 is 82.1 Å². The molecular weight excluding hydrogens is 1460 g/mol. The molecule has 0 saturated heterocycles. The summed E-state index contributed by atoms with van der Waals surface area (Å²) in [6, 6.07) is -25.7. The van der Waals surface area contributed by atoms with E-state index < -0.39 is 292 Å². The number of amides is 12. The molecule has 0 fully saturated rings. The minimum atomic E-state index is -2.37. The van der Waals surface area contributed by atoms with Gasteiger partial charge in [0.1, 0.15) is 60.4 Å².